The third-order valence-electron chi connectivity index (χ3n) is 3.16. The van der Waals surface area contributed by atoms with E-state index in [2.05, 4.69) is 37.0 Å². The normalized spacial score (nSPS) is 11.0. The van der Waals surface area contributed by atoms with Gasteiger partial charge >= 0.3 is 5.97 Å². The molecule has 0 aromatic heterocycles. The van der Waals surface area contributed by atoms with Gasteiger partial charge in [0.1, 0.15) is 0 Å². The maximum atomic E-state index is 11.4. The highest BCUT2D eigenvalue weighted by Gasteiger charge is 2.21. The minimum Gasteiger partial charge on any atom is -0.466 e. The molecular weight excluding hydrogens is 270 g/mol. The number of esters is 1. The Labute approximate surface area is 128 Å². The molecule has 6 heteroatoms. The van der Waals surface area contributed by atoms with Gasteiger partial charge in [-0.25, -0.2) is 0 Å². The van der Waals surface area contributed by atoms with Crippen LogP contribution in [-0.4, -0.2) is 62.7 Å². The zero-order valence-corrected chi connectivity index (χ0v) is 14.8. The third kappa shape index (κ3) is 8.23. The molecule has 0 atom stereocenters. The molecule has 3 radical (unpaired) electrons. The van der Waals surface area contributed by atoms with Gasteiger partial charge in [-0.1, -0.05) is 27.7 Å². The van der Waals surface area contributed by atoms with E-state index in [0.717, 1.165) is 38.8 Å². The predicted octanol–water partition coefficient (Wildman–Crippen LogP) is 2.94. The van der Waals surface area contributed by atoms with Crippen molar-refractivity contribution in [2.24, 2.45) is 0 Å². The molecule has 0 aliphatic carbocycles. The van der Waals surface area contributed by atoms with Gasteiger partial charge < -0.3 is 4.74 Å². The van der Waals surface area contributed by atoms with Crippen LogP contribution in [-0.2, 0) is 9.53 Å². The lowest BCUT2D eigenvalue weighted by Gasteiger charge is -2.37. The summed E-state index contributed by atoms with van der Waals surface area (Å²) in [4.78, 5) is 11.4. The average Bonchev–Trinajstić information content (AvgIpc) is 2.41. The smallest absolute Gasteiger partial charge is 0.305 e. The summed E-state index contributed by atoms with van der Waals surface area (Å²) in [6.07, 6.45) is 2.57. The molecule has 0 aromatic carbocycles. The Morgan fingerprint density at radius 3 is 1.75 bits per heavy atom. The summed E-state index contributed by atoms with van der Waals surface area (Å²) in [6.45, 7) is 15.5. The molecule has 0 fully saturated rings. The number of ether oxygens (including phenoxy) is 1. The molecular formula is C14H31BN2O2P. The summed E-state index contributed by atoms with van der Waals surface area (Å²) in [5, 5.41) is 0. The first-order chi connectivity index (χ1) is 9.14. The van der Waals surface area contributed by atoms with E-state index >= 15 is 0 Å². The van der Waals surface area contributed by atoms with Crippen molar-refractivity contribution < 1.29 is 9.53 Å². The van der Waals surface area contributed by atoms with Crippen LogP contribution in [0, 0.1) is 0 Å². The number of carbonyl (C=O) groups excluding carboxylic acids is 1. The molecule has 0 saturated carbocycles. The fourth-order valence-electron chi connectivity index (χ4n) is 2.16. The average molecular weight is 301 g/mol. The van der Waals surface area contributed by atoms with Crippen molar-refractivity contribution in [1.82, 2.24) is 9.34 Å². The van der Waals surface area contributed by atoms with E-state index in [1.54, 1.807) is 0 Å². The van der Waals surface area contributed by atoms with Gasteiger partial charge in [0.2, 0.25) is 0 Å². The largest absolute Gasteiger partial charge is 0.466 e. The quantitative estimate of drug-likeness (QED) is 0.334. The van der Waals surface area contributed by atoms with E-state index in [0.29, 0.717) is 13.0 Å². The number of rotatable bonds is 11. The van der Waals surface area contributed by atoms with Gasteiger partial charge in [0.05, 0.1) is 6.61 Å². The standard InChI is InChI=1S/C14H31N2O2P.B/c1-6-15(7-2)19(16(8-3)9-4)13-11-12-14(17)18-10-5;/h6-13H2,1-5H3;. The van der Waals surface area contributed by atoms with E-state index in [9.17, 15) is 4.79 Å². The van der Waals surface area contributed by atoms with Gasteiger partial charge in [-0.3, -0.25) is 14.1 Å². The Kier molecular flexibility index (Phi) is 15.4. The number of hydrogen-bond donors (Lipinski definition) is 0. The van der Waals surface area contributed by atoms with E-state index in [1.807, 2.05) is 6.92 Å². The van der Waals surface area contributed by atoms with Gasteiger partial charge in [-0.2, -0.15) is 0 Å². The molecule has 0 unspecified atom stereocenters. The number of nitrogens with zero attached hydrogens (tertiary/aromatic N) is 2. The van der Waals surface area contributed by atoms with Gasteiger partial charge in [0.25, 0.3) is 0 Å². The minimum atomic E-state index is -0.269. The summed E-state index contributed by atoms with van der Waals surface area (Å²) in [5.41, 5.74) is 0. The Bertz CT molecular complexity index is 225. The van der Waals surface area contributed by atoms with E-state index in [4.69, 9.17) is 4.74 Å². The lowest BCUT2D eigenvalue weighted by atomic mass is 10.3. The first kappa shape index (κ1) is 22.2. The van der Waals surface area contributed by atoms with Crippen LogP contribution in [0.5, 0.6) is 0 Å². The molecule has 0 rings (SSSR count). The van der Waals surface area contributed by atoms with Crippen molar-refractivity contribution in [3.63, 3.8) is 0 Å². The predicted molar refractivity (Wildman–Crippen MR) is 89.3 cm³/mol. The highest BCUT2D eigenvalue weighted by Crippen LogP contribution is 2.44. The van der Waals surface area contributed by atoms with E-state index in [-0.39, 0.29) is 22.6 Å². The molecule has 0 aliphatic rings. The van der Waals surface area contributed by atoms with Gasteiger partial charge in [0.15, 0.2) is 0 Å². The fraction of sp³-hybridized carbons (Fsp3) is 0.929. The summed E-state index contributed by atoms with van der Waals surface area (Å²) in [5.74, 6) is -0.0588. The number of hydrogen-bond acceptors (Lipinski definition) is 4. The second-order valence-electron chi connectivity index (χ2n) is 4.28. The highest BCUT2D eigenvalue weighted by molar-refractivity contribution is 7.52. The van der Waals surface area contributed by atoms with Crippen molar-refractivity contribution in [2.75, 3.05) is 38.9 Å². The van der Waals surface area contributed by atoms with Gasteiger partial charge in [-0.15, -0.1) is 0 Å². The maximum Gasteiger partial charge on any atom is 0.305 e. The van der Waals surface area contributed by atoms with Crippen LogP contribution in [0.15, 0.2) is 0 Å². The molecule has 4 nitrogen and oxygen atoms in total. The van der Waals surface area contributed by atoms with Crippen LogP contribution >= 0.6 is 8.22 Å². The Morgan fingerprint density at radius 2 is 1.40 bits per heavy atom. The molecule has 0 N–H and O–H groups in total. The summed E-state index contributed by atoms with van der Waals surface area (Å²) < 4.78 is 10.1. The molecule has 20 heavy (non-hydrogen) atoms. The minimum absolute atomic E-state index is 0. The third-order valence-corrected chi connectivity index (χ3v) is 6.31. The van der Waals surface area contributed by atoms with Crippen molar-refractivity contribution in [3.05, 3.63) is 0 Å². The summed E-state index contributed by atoms with van der Waals surface area (Å²) in [7, 11) is -0.269. The molecule has 0 saturated heterocycles. The molecule has 0 amide bonds. The number of carbonyl (C=O) groups is 1. The zero-order valence-electron chi connectivity index (χ0n) is 13.9. The molecule has 0 bridgehead atoms. The Balaban J connectivity index is 0. The topological polar surface area (TPSA) is 32.8 Å². The van der Waals surface area contributed by atoms with Crippen molar-refractivity contribution in [3.8, 4) is 0 Å². The molecule has 0 aromatic rings. The first-order valence-corrected chi connectivity index (χ1v) is 9.00. The van der Waals surface area contributed by atoms with Crippen LogP contribution in [0.4, 0.5) is 0 Å². The van der Waals surface area contributed by atoms with Crippen LogP contribution in [0.1, 0.15) is 47.5 Å². The van der Waals surface area contributed by atoms with Crippen molar-refractivity contribution in [1.29, 1.82) is 0 Å². The van der Waals surface area contributed by atoms with Crippen LogP contribution in [0.3, 0.4) is 0 Å². The van der Waals surface area contributed by atoms with Crippen LogP contribution < -0.4 is 0 Å². The maximum absolute atomic E-state index is 11.4. The van der Waals surface area contributed by atoms with Gasteiger partial charge in [0, 0.05) is 49.2 Å². The lowest BCUT2D eigenvalue weighted by Crippen LogP contribution is -2.30. The van der Waals surface area contributed by atoms with E-state index < -0.39 is 0 Å². The molecule has 0 spiro atoms. The zero-order chi connectivity index (χ0) is 14.7. The van der Waals surface area contributed by atoms with E-state index in [1.165, 1.54) is 0 Å². The van der Waals surface area contributed by atoms with Crippen LogP contribution in [0.25, 0.3) is 0 Å². The molecule has 117 valence electrons. The highest BCUT2D eigenvalue weighted by atomic mass is 31.1. The Morgan fingerprint density at radius 1 is 0.950 bits per heavy atom. The summed E-state index contributed by atoms with van der Waals surface area (Å²) in [6, 6.07) is 0. The van der Waals surface area contributed by atoms with Crippen molar-refractivity contribution >= 4 is 22.6 Å². The van der Waals surface area contributed by atoms with Gasteiger partial charge in [-0.05, 0) is 19.5 Å². The second kappa shape index (κ2) is 13.8. The Hall–Kier alpha value is -0.115. The van der Waals surface area contributed by atoms with Crippen LogP contribution in [0.2, 0.25) is 0 Å². The molecule has 0 heterocycles. The molecule has 0 aliphatic heterocycles. The second-order valence-corrected chi connectivity index (χ2v) is 6.61. The monoisotopic (exact) mass is 301 g/mol. The first-order valence-electron chi connectivity index (χ1n) is 7.57. The van der Waals surface area contributed by atoms with Crippen molar-refractivity contribution in [2.45, 2.75) is 47.5 Å². The fourth-order valence-corrected chi connectivity index (χ4v) is 4.83. The summed E-state index contributed by atoms with van der Waals surface area (Å²) >= 11 is 0. The lowest BCUT2D eigenvalue weighted by molar-refractivity contribution is -0.143. The SMILES string of the molecule is CCOC(=O)CCCP(N(CC)CC)N(CC)CC.[B].